The zero-order valence-electron chi connectivity index (χ0n) is 12.7. The normalized spacial score (nSPS) is 10.3. The van der Waals surface area contributed by atoms with Crippen LogP contribution in [-0.4, -0.2) is 17.5 Å². The third-order valence-corrected chi connectivity index (χ3v) is 3.19. The van der Waals surface area contributed by atoms with E-state index in [2.05, 4.69) is 10.3 Å². The highest BCUT2D eigenvalue weighted by molar-refractivity contribution is 6.03. The molecule has 3 rings (SSSR count). The minimum Gasteiger partial charge on any atom is -0.492 e. The van der Waals surface area contributed by atoms with Crippen LogP contribution in [0.15, 0.2) is 65.2 Å². The highest BCUT2D eigenvalue weighted by atomic mass is 16.5. The largest absolute Gasteiger partial charge is 0.492 e. The smallest absolute Gasteiger partial charge is 0.293 e. The monoisotopic (exact) mass is 308 g/mol. The lowest BCUT2D eigenvalue weighted by Gasteiger charge is -2.09. The Morgan fingerprint density at radius 2 is 1.87 bits per heavy atom. The molecule has 0 saturated carbocycles. The zero-order valence-corrected chi connectivity index (χ0v) is 12.7. The number of rotatable bonds is 5. The van der Waals surface area contributed by atoms with Gasteiger partial charge in [0.25, 0.3) is 5.91 Å². The third-order valence-electron chi connectivity index (χ3n) is 3.19. The van der Waals surface area contributed by atoms with Gasteiger partial charge in [0, 0.05) is 5.56 Å². The number of nitrogens with zero attached hydrogens (tertiary/aromatic N) is 1. The summed E-state index contributed by atoms with van der Waals surface area (Å²) in [5, 5.41) is 2.78. The summed E-state index contributed by atoms with van der Waals surface area (Å²) in [5.74, 6) is 0.807. The number of para-hydroxylation sites is 2. The van der Waals surface area contributed by atoms with E-state index in [4.69, 9.17) is 9.15 Å². The maximum atomic E-state index is 12.3. The highest BCUT2D eigenvalue weighted by Crippen LogP contribution is 2.25. The number of ether oxygens (including phenoxy) is 1. The van der Waals surface area contributed by atoms with E-state index in [1.165, 1.54) is 6.20 Å². The fraction of sp³-hybridized carbons (Fsp3) is 0.111. The van der Waals surface area contributed by atoms with Gasteiger partial charge in [0.1, 0.15) is 5.75 Å². The Hall–Kier alpha value is -3.08. The van der Waals surface area contributed by atoms with Crippen molar-refractivity contribution in [3.63, 3.8) is 0 Å². The molecule has 1 heterocycles. The summed E-state index contributed by atoms with van der Waals surface area (Å²) >= 11 is 0. The maximum absolute atomic E-state index is 12.3. The molecule has 0 radical (unpaired) electrons. The first-order valence-corrected chi connectivity index (χ1v) is 7.32. The van der Waals surface area contributed by atoms with Crippen molar-refractivity contribution in [2.75, 3.05) is 11.9 Å². The fourth-order valence-corrected chi connectivity index (χ4v) is 2.13. The van der Waals surface area contributed by atoms with Gasteiger partial charge in [0.05, 0.1) is 18.5 Å². The van der Waals surface area contributed by atoms with Gasteiger partial charge in [0.15, 0.2) is 0 Å². The number of aromatic nitrogens is 1. The molecule has 116 valence electrons. The molecule has 0 atom stereocenters. The van der Waals surface area contributed by atoms with Crippen LogP contribution in [0.2, 0.25) is 0 Å². The molecule has 0 fully saturated rings. The van der Waals surface area contributed by atoms with Crippen molar-refractivity contribution in [1.82, 2.24) is 4.98 Å². The molecule has 1 amide bonds. The van der Waals surface area contributed by atoms with Crippen LogP contribution in [0, 0.1) is 0 Å². The predicted molar refractivity (Wildman–Crippen MR) is 87.5 cm³/mol. The van der Waals surface area contributed by atoms with E-state index in [0.717, 1.165) is 5.56 Å². The number of hydrogen-bond donors (Lipinski definition) is 1. The first-order valence-electron chi connectivity index (χ1n) is 7.32. The lowest BCUT2D eigenvalue weighted by atomic mass is 10.2. The van der Waals surface area contributed by atoms with Gasteiger partial charge < -0.3 is 14.5 Å². The molecule has 0 saturated heterocycles. The first-order chi connectivity index (χ1) is 11.3. The number of anilines is 1. The topological polar surface area (TPSA) is 64.4 Å². The number of hydrogen-bond acceptors (Lipinski definition) is 4. The molecule has 3 aromatic rings. The first kappa shape index (κ1) is 14.8. The molecule has 5 nitrogen and oxygen atoms in total. The number of oxazole rings is 1. The quantitative estimate of drug-likeness (QED) is 0.774. The van der Waals surface area contributed by atoms with Crippen LogP contribution in [0.1, 0.15) is 17.5 Å². The SMILES string of the molecule is CCOc1ccccc1NC(=O)c1cnc(-c2ccccc2)o1. The molecular weight excluding hydrogens is 292 g/mol. The minimum atomic E-state index is -0.369. The van der Waals surface area contributed by atoms with E-state index in [-0.39, 0.29) is 11.7 Å². The second-order valence-electron chi connectivity index (χ2n) is 4.78. The minimum absolute atomic E-state index is 0.148. The number of carbonyl (C=O) groups is 1. The Morgan fingerprint density at radius 1 is 1.13 bits per heavy atom. The summed E-state index contributed by atoms with van der Waals surface area (Å²) < 4.78 is 11.0. The van der Waals surface area contributed by atoms with Crippen LogP contribution in [0.25, 0.3) is 11.5 Å². The van der Waals surface area contributed by atoms with E-state index < -0.39 is 0 Å². The van der Waals surface area contributed by atoms with Crippen LogP contribution >= 0.6 is 0 Å². The van der Waals surface area contributed by atoms with Gasteiger partial charge in [-0.2, -0.15) is 0 Å². The van der Waals surface area contributed by atoms with Crippen molar-refractivity contribution in [2.45, 2.75) is 6.92 Å². The molecule has 23 heavy (non-hydrogen) atoms. The number of amides is 1. The van der Waals surface area contributed by atoms with Crippen molar-refractivity contribution in [2.24, 2.45) is 0 Å². The Morgan fingerprint density at radius 3 is 2.65 bits per heavy atom. The Balaban J connectivity index is 1.78. The molecule has 2 aromatic carbocycles. The van der Waals surface area contributed by atoms with E-state index in [0.29, 0.717) is 23.9 Å². The molecule has 5 heteroatoms. The number of benzene rings is 2. The van der Waals surface area contributed by atoms with Crippen molar-refractivity contribution < 1.29 is 13.9 Å². The van der Waals surface area contributed by atoms with Crippen LogP contribution in [0.4, 0.5) is 5.69 Å². The lowest BCUT2D eigenvalue weighted by molar-refractivity contribution is 0.0997. The van der Waals surface area contributed by atoms with Gasteiger partial charge in [-0.3, -0.25) is 4.79 Å². The lowest BCUT2D eigenvalue weighted by Crippen LogP contribution is -2.12. The van der Waals surface area contributed by atoms with Crippen molar-refractivity contribution in [3.8, 4) is 17.2 Å². The van der Waals surface area contributed by atoms with E-state index in [1.807, 2.05) is 49.4 Å². The second kappa shape index (κ2) is 6.79. The molecular formula is C18H16N2O3. The predicted octanol–water partition coefficient (Wildman–Crippen LogP) is 3.99. The van der Waals surface area contributed by atoms with Gasteiger partial charge in [-0.1, -0.05) is 30.3 Å². The van der Waals surface area contributed by atoms with Gasteiger partial charge >= 0.3 is 0 Å². The summed E-state index contributed by atoms with van der Waals surface area (Å²) in [4.78, 5) is 16.5. The van der Waals surface area contributed by atoms with Crippen LogP contribution in [0.5, 0.6) is 5.75 Å². The maximum Gasteiger partial charge on any atom is 0.293 e. The molecule has 0 aliphatic rings. The van der Waals surface area contributed by atoms with Crippen molar-refractivity contribution >= 4 is 11.6 Å². The summed E-state index contributed by atoms with van der Waals surface area (Å²) in [6.45, 7) is 2.41. The number of nitrogens with one attached hydrogen (secondary N) is 1. The molecule has 0 unspecified atom stereocenters. The molecule has 0 aliphatic carbocycles. The van der Waals surface area contributed by atoms with Crippen molar-refractivity contribution in [3.05, 3.63) is 66.6 Å². The molecule has 0 bridgehead atoms. The van der Waals surface area contributed by atoms with Crippen LogP contribution in [-0.2, 0) is 0 Å². The Bertz CT molecular complexity index is 797. The van der Waals surface area contributed by atoms with E-state index in [9.17, 15) is 4.79 Å². The standard InChI is InChI=1S/C18H16N2O3/c1-2-22-15-11-7-6-10-14(15)20-17(21)16-12-19-18(23-16)13-8-4-3-5-9-13/h3-12H,2H2,1H3,(H,20,21). The van der Waals surface area contributed by atoms with Gasteiger partial charge in [0.2, 0.25) is 11.7 Å². The van der Waals surface area contributed by atoms with E-state index >= 15 is 0 Å². The summed E-state index contributed by atoms with van der Waals surface area (Å²) in [5.41, 5.74) is 1.42. The summed E-state index contributed by atoms with van der Waals surface area (Å²) in [6.07, 6.45) is 1.42. The molecule has 0 aliphatic heterocycles. The van der Waals surface area contributed by atoms with Crippen LogP contribution < -0.4 is 10.1 Å². The molecule has 1 N–H and O–H groups in total. The highest BCUT2D eigenvalue weighted by Gasteiger charge is 2.15. The zero-order chi connectivity index (χ0) is 16.1. The van der Waals surface area contributed by atoms with Gasteiger partial charge in [-0.05, 0) is 31.2 Å². The summed E-state index contributed by atoms with van der Waals surface area (Å²) in [6, 6.07) is 16.7. The summed E-state index contributed by atoms with van der Waals surface area (Å²) in [7, 11) is 0. The second-order valence-corrected chi connectivity index (χ2v) is 4.78. The van der Waals surface area contributed by atoms with E-state index in [1.54, 1.807) is 12.1 Å². The number of carbonyl (C=O) groups excluding carboxylic acids is 1. The fourth-order valence-electron chi connectivity index (χ4n) is 2.13. The Kier molecular flexibility index (Phi) is 4.38. The van der Waals surface area contributed by atoms with Gasteiger partial charge in [-0.25, -0.2) is 4.98 Å². The molecule has 1 aromatic heterocycles. The average Bonchev–Trinajstić information content (AvgIpc) is 3.08. The Labute approximate surface area is 133 Å². The third kappa shape index (κ3) is 3.40. The van der Waals surface area contributed by atoms with Gasteiger partial charge in [-0.15, -0.1) is 0 Å². The average molecular weight is 308 g/mol. The van der Waals surface area contributed by atoms with Crippen LogP contribution in [0.3, 0.4) is 0 Å². The molecule has 0 spiro atoms. The van der Waals surface area contributed by atoms with Crippen molar-refractivity contribution in [1.29, 1.82) is 0 Å².